The zero-order valence-corrected chi connectivity index (χ0v) is 25.0. The largest absolute Gasteiger partial charge is 0.198 e. The second kappa shape index (κ2) is 21.5. The molecule has 0 radical (unpaired) electrons. The fraction of sp³-hybridized carbons (Fsp3) is 0.541. The van der Waals surface area contributed by atoms with Gasteiger partial charge in [0.05, 0.1) is 0 Å². The molecule has 2 aromatic rings. The standard InChI is InChI=1S/C37H56N/c1-4-7-10-13-16-19-25-30-37-36(29-24-18-15-12-9-6-3)31-35(28-21-17-14-11-8-5-2)33-38(37)32-34-26-22-20-23-27-34/h16-24,26-27,31,33H,4-15,25,28-30,32H2,1-3H3/q+1/b19-16+,21-17+,24-18+. The fourth-order valence-corrected chi connectivity index (χ4v) is 4.98. The summed E-state index contributed by atoms with van der Waals surface area (Å²) in [5, 5.41) is 0. The maximum Gasteiger partial charge on any atom is 0.185 e. The molecule has 0 aliphatic heterocycles. The first-order valence-corrected chi connectivity index (χ1v) is 15.8. The second-order valence-electron chi connectivity index (χ2n) is 10.8. The zero-order chi connectivity index (χ0) is 27.1. The van der Waals surface area contributed by atoms with E-state index in [0.717, 1.165) is 32.2 Å². The summed E-state index contributed by atoms with van der Waals surface area (Å²) in [5.74, 6) is 0. The predicted molar refractivity (Wildman–Crippen MR) is 168 cm³/mol. The van der Waals surface area contributed by atoms with Crippen LogP contribution in [0.15, 0.2) is 79.1 Å². The van der Waals surface area contributed by atoms with Crippen LogP contribution < -0.4 is 4.57 Å². The summed E-state index contributed by atoms with van der Waals surface area (Å²) in [7, 11) is 0. The maximum absolute atomic E-state index is 2.56. The van der Waals surface area contributed by atoms with Crippen molar-refractivity contribution in [2.45, 2.75) is 130 Å². The summed E-state index contributed by atoms with van der Waals surface area (Å²) in [6.45, 7) is 7.78. The van der Waals surface area contributed by atoms with Crippen LogP contribution >= 0.6 is 0 Å². The van der Waals surface area contributed by atoms with Gasteiger partial charge in [0.25, 0.3) is 0 Å². The van der Waals surface area contributed by atoms with E-state index in [0.29, 0.717) is 0 Å². The van der Waals surface area contributed by atoms with E-state index in [4.69, 9.17) is 0 Å². The van der Waals surface area contributed by atoms with Crippen molar-refractivity contribution < 1.29 is 4.57 Å². The lowest BCUT2D eigenvalue weighted by Gasteiger charge is -2.11. The van der Waals surface area contributed by atoms with Gasteiger partial charge in [0, 0.05) is 23.1 Å². The lowest BCUT2D eigenvalue weighted by molar-refractivity contribution is -0.696. The minimum absolute atomic E-state index is 0.942. The first kappa shape index (κ1) is 31.8. The second-order valence-corrected chi connectivity index (χ2v) is 10.8. The Morgan fingerprint density at radius 1 is 0.579 bits per heavy atom. The lowest BCUT2D eigenvalue weighted by atomic mass is 10.0. The quantitative estimate of drug-likeness (QED) is 0.0886. The van der Waals surface area contributed by atoms with Crippen LogP contribution in [0.25, 0.3) is 0 Å². The number of benzene rings is 1. The highest BCUT2D eigenvalue weighted by molar-refractivity contribution is 5.26. The molecule has 0 aliphatic carbocycles. The van der Waals surface area contributed by atoms with Gasteiger partial charge in [0.2, 0.25) is 0 Å². The number of rotatable bonds is 21. The monoisotopic (exact) mass is 514 g/mol. The van der Waals surface area contributed by atoms with Crippen molar-refractivity contribution in [3.63, 3.8) is 0 Å². The van der Waals surface area contributed by atoms with Gasteiger partial charge in [-0.2, -0.15) is 4.57 Å². The molecular weight excluding hydrogens is 458 g/mol. The average molecular weight is 515 g/mol. The van der Waals surface area contributed by atoms with E-state index in [1.54, 1.807) is 0 Å². The molecule has 0 saturated carbocycles. The fourth-order valence-electron chi connectivity index (χ4n) is 4.98. The average Bonchev–Trinajstić information content (AvgIpc) is 2.93. The van der Waals surface area contributed by atoms with Crippen LogP contribution in [-0.4, -0.2) is 0 Å². The van der Waals surface area contributed by atoms with E-state index >= 15 is 0 Å². The first-order chi connectivity index (χ1) is 18.8. The highest BCUT2D eigenvalue weighted by Gasteiger charge is 2.18. The van der Waals surface area contributed by atoms with Crippen LogP contribution in [0.4, 0.5) is 0 Å². The minimum Gasteiger partial charge on any atom is -0.198 e. The van der Waals surface area contributed by atoms with E-state index in [1.807, 2.05) is 0 Å². The van der Waals surface area contributed by atoms with Crippen molar-refractivity contribution in [2.24, 2.45) is 0 Å². The number of hydrogen-bond acceptors (Lipinski definition) is 0. The number of pyridine rings is 1. The molecule has 0 saturated heterocycles. The molecule has 1 heteroatoms. The van der Waals surface area contributed by atoms with E-state index < -0.39 is 0 Å². The number of allylic oxidation sites excluding steroid dienone is 6. The Morgan fingerprint density at radius 2 is 1.13 bits per heavy atom. The zero-order valence-electron chi connectivity index (χ0n) is 25.0. The van der Waals surface area contributed by atoms with E-state index in [1.165, 1.54) is 99.4 Å². The Bertz CT molecular complexity index is 935. The molecule has 208 valence electrons. The summed E-state index contributed by atoms with van der Waals surface area (Å²) in [6.07, 6.45) is 36.6. The van der Waals surface area contributed by atoms with Crippen LogP contribution in [0.2, 0.25) is 0 Å². The molecule has 1 heterocycles. The molecule has 0 N–H and O–H groups in total. The summed E-state index contributed by atoms with van der Waals surface area (Å²) in [6, 6.07) is 13.5. The Labute approximate surface area is 235 Å². The van der Waals surface area contributed by atoms with Gasteiger partial charge in [0.15, 0.2) is 18.4 Å². The molecule has 1 aromatic carbocycles. The third kappa shape index (κ3) is 13.9. The maximum atomic E-state index is 2.56. The number of hydrogen-bond donors (Lipinski definition) is 0. The highest BCUT2D eigenvalue weighted by atomic mass is 15.0. The Morgan fingerprint density at radius 3 is 1.74 bits per heavy atom. The predicted octanol–water partition coefficient (Wildman–Crippen LogP) is 10.4. The smallest absolute Gasteiger partial charge is 0.185 e. The van der Waals surface area contributed by atoms with E-state index in [2.05, 4.69) is 104 Å². The normalized spacial score (nSPS) is 12.0. The molecule has 1 aromatic heterocycles. The topological polar surface area (TPSA) is 3.88 Å². The number of nitrogens with zero attached hydrogens (tertiary/aromatic N) is 1. The molecule has 0 aliphatic rings. The minimum atomic E-state index is 0.942. The van der Waals surface area contributed by atoms with Crippen molar-refractivity contribution in [1.82, 2.24) is 0 Å². The van der Waals surface area contributed by atoms with Gasteiger partial charge >= 0.3 is 0 Å². The van der Waals surface area contributed by atoms with Gasteiger partial charge in [-0.25, -0.2) is 0 Å². The molecule has 0 fully saturated rings. The molecule has 38 heavy (non-hydrogen) atoms. The Kier molecular flexibility index (Phi) is 18.0. The first-order valence-electron chi connectivity index (χ1n) is 15.8. The Balaban J connectivity index is 2.26. The number of unbranched alkanes of at least 4 members (excludes halogenated alkanes) is 9. The van der Waals surface area contributed by atoms with Gasteiger partial charge in [-0.15, -0.1) is 0 Å². The summed E-state index contributed by atoms with van der Waals surface area (Å²) >= 11 is 0. The van der Waals surface area contributed by atoms with Crippen LogP contribution in [-0.2, 0) is 25.8 Å². The molecule has 0 atom stereocenters. The van der Waals surface area contributed by atoms with Gasteiger partial charge in [0.1, 0.15) is 0 Å². The third-order valence-electron chi connectivity index (χ3n) is 7.26. The van der Waals surface area contributed by atoms with E-state index in [-0.39, 0.29) is 0 Å². The Hall–Kier alpha value is -2.41. The summed E-state index contributed by atoms with van der Waals surface area (Å²) in [5.41, 5.74) is 5.81. The van der Waals surface area contributed by atoms with Gasteiger partial charge in [-0.3, -0.25) is 0 Å². The molecule has 0 unspecified atom stereocenters. The van der Waals surface area contributed by atoms with Crippen molar-refractivity contribution in [1.29, 1.82) is 0 Å². The summed E-state index contributed by atoms with van der Waals surface area (Å²) in [4.78, 5) is 0. The van der Waals surface area contributed by atoms with Crippen molar-refractivity contribution in [3.05, 3.63) is 101 Å². The third-order valence-corrected chi connectivity index (χ3v) is 7.26. The molecule has 0 spiro atoms. The molecule has 0 bridgehead atoms. The van der Waals surface area contributed by atoms with E-state index in [9.17, 15) is 0 Å². The molecular formula is C37H56N+. The van der Waals surface area contributed by atoms with Crippen LogP contribution in [0.3, 0.4) is 0 Å². The summed E-state index contributed by atoms with van der Waals surface area (Å²) < 4.78 is 2.56. The SMILES string of the molecule is CCCCC/C=C/CCc1c(C/C=C/CCCCC)cc(C/C=C/CCCCC)c[n+]1Cc1ccccc1. The van der Waals surface area contributed by atoms with Gasteiger partial charge in [-0.1, -0.05) is 126 Å². The highest BCUT2D eigenvalue weighted by Crippen LogP contribution is 2.15. The van der Waals surface area contributed by atoms with Crippen molar-refractivity contribution in [2.75, 3.05) is 0 Å². The van der Waals surface area contributed by atoms with Crippen LogP contribution in [0.1, 0.15) is 127 Å². The molecule has 2 rings (SSSR count). The molecule has 1 nitrogen and oxygen atoms in total. The van der Waals surface area contributed by atoms with Crippen molar-refractivity contribution >= 4 is 0 Å². The number of aromatic nitrogens is 1. The van der Waals surface area contributed by atoms with Gasteiger partial charge < -0.3 is 0 Å². The van der Waals surface area contributed by atoms with Crippen LogP contribution in [0, 0.1) is 0 Å². The van der Waals surface area contributed by atoms with Crippen LogP contribution in [0.5, 0.6) is 0 Å². The molecule has 0 amide bonds. The van der Waals surface area contributed by atoms with Gasteiger partial charge in [-0.05, 0) is 63.9 Å². The van der Waals surface area contributed by atoms with Crippen molar-refractivity contribution in [3.8, 4) is 0 Å². The lowest BCUT2D eigenvalue weighted by Crippen LogP contribution is -2.40.